The highest BCUT2D eigenvalue weighted by Gasteiger charge is 2.35. The second kappa shape index (κ2) is 5.20. The van der Waals surface area contributed by atoms with Crippen molar-refractivity contribution < 1.29 is 4.57 Å². The molecule has 0 unspecified atom stereocenters. The van der Waals surface area contributed by atoms with Gasteiger partial charge in [0.25, 0.3) is 0 Å². The minimum atomic E-state index is 0.992. The van der Waals surface area contributed by atoms with Crippen molar-refractivity contribution in [3.8, 4) is 10.4 Å². The smallest absolute Gasteiger partial charge is 0.214 e. The van der Waals surface area contributed by atoms with Crippen LogP contribution in [0.2, 0.25) is 0 Å². The lowest BCUT2D eigenvalue weighted by atomic mass is 10.2. The van der Waals surface area contributed by atoms with Gasteiger partial charge in [-0.3, -0.25) is 0 Å². The standard InChI is InChI=1S/C17H14N2S2/c20-16-15(13-7-3-1-4-8-13)21-17-18(11-12-19(16)17)14-9-5-2-6-10-14/h1-10H,11-12H2/p+1. The van der Waals surface area contributed by atoms with E-state index in [4.69, 9.17) is 12.6 Å². The Balaban J connectivity index is 1.80. The fourth-order valence-corrected chi connectivity index (χ4v) is 4.49. The van der Waals surface area contributed by atoms with Crippen molar-refractivity contribution in [2.45, 2.75) is 11.6 Å². The van der Waals surface area contributed by atoms with E-state index in [9.17, 15) is 0 Å². The van der Waals surface area contributed by atoms with Gasteiger partial charge in [-0.2, -0.15) is 0 Å². The number of benzene rings is 2. The largest absolute Gasteiger partial charge is 0.342 e. The van der Waals surface area contributed by atoms with E-state index in [1.807, 2.05) is 17.4 Å². The summed E-state index contributed by atoms with van der Waals surface area (Å²) in [6, 6.07) is 21.1. The molecule has 1 aliphatic heterocycles. The van der Waals surface area contributed by atoms with Crippen molar-refractivity contribution in [1.82, 2.24) is 0 Å². The quantitative estimate of drug-likeness (QED) is 0.552. The highest BCUT2D eigenvalue weighted by molar-refractivity contribution is 7.80. The Kier molecular flexibility index (Phi) is 3.20. The number of hydrogen-bond acceptors (Lipinski definition) is 3. The lowest BCUT2D eigenvalue weighted by Gasteiger charge is -2.07. The molecule has 2 heterocycles. The first-order valence-electron chi connectivity index (χ1n) is 6.98. The molecule has 0 saturated carbocycles. The maximum atomic E-state index is 4.76. The summed E-state index contributed by atoms with van der Waals surface area (Å²) in [6.07, 6.45) is 0. The molecule has 0 fully saturated rings. The third-order valence-electron chi connectivity index (χ3n) is 3.76. The Morgan fingerprint density at radius 1 is 0.952 bits per heavy atom. The second-order valence-corrected chi connectivity index (χ2v) is 6.44. The number of para-hydroxylation sites is 1. The van der Waals surface area contributed by atoms with Crippen LogP contribution < -0.4 is 9.47 Å². The summed E-state index contributed by atoms with van der Waals surface area (Å²) >= 11 is 6.58. The number of rotatable bonds is 2. The van der Waals surface area contributed by atoms with E-state index >= 15 is 0 Å². The average molecular weight is 311 g/mol. The van der Waals surface area contributed by atoms with Gasteiger partial charge in [0.05, 0.1) is 4.88 Å². The minimum Gasteiger partial charge on any atom is -0.214 e. The lowest BCUT2D eigenvalue weighted by Crippen LogP contribution is -2.30. The Morgan fingerprint density at radius 3 is 2.33 bits per heavy atom. The summed E-state index contributed by atoms with van der Waals surface area (Å²) in [5.41, 5.74) is 2.49. The van der Waals surface area contributed by atoms with Crippen LogP contribution >= 0.6 is 24.0 Å². The van der Waals surface area contributed by atoms with E-state index in [1.54, 1.807) is 0 Å². The van der Waals surface area contributed by atoms with Crippen LogP contribution in [-0.2, 0) is 6.54 Å². The molecule has 0 spiro atoms. The number of hydrogen-bond donors (Lipinski definition) is 1. The molecule has 104 valence electrons. The summed E-state index contributed by atoms with van der Waals surface area (Å²) in [5.74, 6) is 0. The van der Waals surface area contributed by atoms with E-state index in [1.165, 1.54) is 21.3 Å². The Bertz CT molecular complexity index is 766. The molecule has 0 saturated heterocycles. The van der Waals surface area contributed by atoms with Crippen molar-refractivity contribution in [3.05, 3.63) is 60.7 Å². The van der Waals surface area contributed by atoms with Crippen molar-refractivity contribution in [3.63, 3.8) is 0 Å². The van der Waals surface area contributed by atoms with Crippen LogP contribution in [0.15, 0.2) is 65.7 Å². The van der Waals surface area contributed by atoms with Gasteiger partial charge in [-0.1, -0.05) is 61.2 Å². The maximum Gasteiger partial charge on any atom is 0.342 e. The summed E-state index contributed by atoms with van der Waals surface area (Å²) in [5, 5.41) is 2.34. The zero-order valence-electron chi connectivity index (χ0n) is 11.4. The molecule has 1 aliphatic rings. The van der Waals surface area contributed by atoms with Crippen LogP contribution in [-0.4, -0.2) is 6.54 Å². The number of thiazole rings is 1. The highest BCUT2D eigenvalue weighted by Crippen LogP contribution is 2.39. The third kappa shape index (κ3) is 2.15. The Labute approximate surface area is 133 Å². The first-order chi connectivity index (χ1) is 10.3. The van der Waals surface area contributed by atoms with Crippen molar-refractivity contribution in [2.75, 3.05) is 11.4 Å². The average Bonchev–Trinajstić information content (AvgIpc) is 3.10. The molecule has 1 aromatic heterocycles. The monoisotopic (exact) mass is 311 g/mol. The molecule has 3 aromatic rings. The highest BCUT2D eigenvalue weighted by atomic mass is 32.1. The predicted octanol–water partition coefficient (Wildman–Crippen LogP) is 4.14. The first kappa shape index (κ1) is 12.9. The van der Waals surface area contributed by atoms with E-state index in [-0.39, 0.29) is 0 Å². The topological polar surface area (TPSA) is 7.12 Å². The van der Waals surface area contributed by atoms with Crippen LogP contribution in [0.25, 0.3) is 10.4 Å². The summed E-state index contributed by atoms with van der Waals surface area (Å²) in [6.45, 7) is 2.00. The van der Waals surface area contributed by atoms with Crippen LogP contribution in [0.5, 0.6) is 0 Å². The normalized spacial score (nSPS) is 13.5. The number of nitrogens with zero attached hydrogens (tertiary/aromatic N) is 2. The minimum absolute atomic E-state index is 0.992. The number of aromatic nitrogens is 1. The first-order valence-corrected chi connectivity index (χ1v) is 8.24. The molecule has 0 amide bonds. The molecule has 0 N–H and O–H groups in total. The lowest BCUT2D eigenvalue weighted by molar-refractivity contribution is -0.702. The molecular formula is C17H15N2S2+. The molecular weight excluding hydrogens is 296 g/mol. The number of fused-ring (bicyclic) bond motifs is 1. The Morgan fingerprint density at radius 2 is 1.62 bits per heavy atom. The van der Waals surface area contributed by atoms with Gasteiger partial charge in [-0.15, -0.1) is 0 Å². The predicted molar refractivity (Wildman–Crippen MR) is 90.7 cm³/mol. The summed E-state index contributed by atoms with van der Waals surface area (Å²) in [4.78, 5) is 3.62. The fraction of sp³-hybridized carbons (Fsp3) is 0.118. The van der Waals surface area contributed by atoms with E-state index in [0.717, 1.165) is 18.1 Å². The molecule has 0 bridgehead atoms. The Hall–Kier alpha value is -1.78. The number of anilines is 2. The molecule has 2 aromatic carbocycles. The van der Waals surface area contributed by atoms with Gasteiger partial charge in [0.2, 0.25) is 0 Å². The van der Waals surface area contributed by atoms with Crippen molar-refractivity contribution in [1.29, 1.82) is 0 Å². The SMILES string of the molecule is Sc1c(-c2ccccc2)sc2[n+]1CCN2c1ccccc1. The second-order valence-electron chi connectivity index (χ2n) is 5.04. The molecule has 21 heavy (non-hydrogen) atoms. The van der Waals surface area contributed by atoms with Crippen molar-refractivity contribution in [2.24, 2.45) is 0 Å². The van der Waals surface area contributed by atoms with Gasteiger partial charge >= 0.3 is 5.13 Å². The molecule has 2 nitrogen and oxygen atoms in total. The summed E-state index contributed by atoms with van der Waals surface area (Å²) < 4.78 is 2.31. The maximum absolute atomic E-state index is 4.76. The van der Waals surface area contributed by atoms with E-state index in [0.29, 0.717) is 0 Å². The molecule has 0 atom stereocenters. The van der Waals surface area contributed by atoms with Crippen molar-refractivity contribution >= 4 is 34.8 Å². The third-order valence-corrected chi connectivity index (χ3v) is 5.64. The van der Waals surface area contributed by atoms with Gasteiger partial charge in [0, 0.05) is 0 Å². The number of thiol groups is 1. The molecule has 0 aliphatic carbocycles. The molecule has 4 heteroatoms. The van der Waals surface area contributed by atoms with Gasteiger partial charge in [-0.05, 0) is 29.0 Å². The van der Waals surface area contributed by atoms with Gasteiger partial charge in [0.1, 0.15) is 18.8 Å². The molecule has 0 radical (unpaired) electrons. The van der Waals surface area contributed by atoms with Gasteiger partial charge < -0.3 is 0 Å². The van der Waals surface area contributed by atoms with E-state index in [2.05, 4.69) is 64.1 Å². The van der Waals surface area contributed by atoms with Crippen LogP contribution in [0.1, 0.15) is 0 Å². The molecule has 4 rings (SSSR count). The zero-order chi connectivity index (χ0) is 14.2. The van der Waals surface area contributed by atoms with Gasteiger partial charge in [-0.25, -0.2) is 9.47 Å². The van der Waals surface area contributed by atoms with Crippen LogP contribution in [0.3, 0.4) is 0 Å². The van der Waals surface area contributed by atoms with Crippen LogP contribution in [0, 0.1) is 0 Å². The van der Waals surface area contributed by atoms with Gasteiger partial charge in [0.15, 0.2) is 5.03 Å². The van der Waals surface area contributed by atoms with E-state index < -0.39 is 0 Å². The fourth-order valence-electron chi connectivity index (χ4n) is 2.73. The van der Waals surface area contributed by atoms with Crippen LogP contribution in [0.4, 0.5) is 10.8 Å². The summed E-state index contributed by atoms with van der Waals surface area (Å²) in [7, 11) is 0. The zero-order valence-corrected chi connectivity index (χ0v) is 13.1.